The van der Waals surface area contributed by atoms with Crippen molar-refractivity contribution >= 4 is 6.03 Å². The lowest BCUT2D eigenvalue weighted by atomic mass is 10.1. The van der Waals surface area contributed by atoms with Crippen molar-refractivity contribution in [1.29, 1.82) is 0 Å². The number of rotatable bonds is 7. The van der Waals surface area contributed by atoms with Crippen LogP contribution in [0, 0.1) is 11.7 Å². The van der Waals surface area contributed by atoms with E-state index in [1.165, 1.54) is 6.07 Å². The van der Waals surface area contributed by atoms with Crippen LogP contribution in [-0.4, -0.2) is 30.4 Å². The minimum Gasteiger partial charge on any atom is -0.491 e. The number of aliphatic hydroxyl groups is 1. The summed E-state index contributed by atoms with van der Waals surface area (Å²) in [7, 11) is 0. The molecule has 118 valence electrons. The molecule has 0 aromatic heterocycles. The number of halogens is 1. The lowest BCUT2D eigenvalue weighted by molar-refractivity contribution is 0.200. The second kappa shape index (κ2) is 8.46. The first-order valence-electron chi connectivity index (χ1n) is 7.04. The average Bonchev–Trinajstić information content (AvgIpc) is 2.46. The molecule has 0 fully saturated rings. The fourth-order valence-electron chi connectivity index (χ4n) is 1.67. The van der Waals surface area contributed by atoms with Gasteiger partial charge < -0.3 is 20.5 Å². The van der Waals surface area contributed by atoms with Crippen LogP contribution in [0.15, 0.2) is 18.2 Å². The summed E-state index contributed by atoms with van der Waals surface area (Å²) in [4.78, 5) is 11.7. The molecular formula is C15H23FN2O3. The molecule has 0 aliphatic carbocycles. The minimum atomic E-state index is -0.446. The number of aliphatic hydroxyl groups excluding tert-OH is 1. The number of amides is 2. The molecule has 2 unspecified atom stereocenters. The number of ether oxygens (including phenoxy) is 1. The molecule has 2 atom stereocenters. The van der Waals surface area contributed by atoms with Gasteiger partial charge in [0.25, 0.3) is 0 Å². The number of carbonyl (C=O) groups excluding carboxylic acids is 1. The van der Waals surface area contributed by atoms with Crippen LogP contribution < -0.4 is 15.4 Å². The van der Waals surface area contributed by atoms with Crippen molar-refractivity contribution in [3.05, 3.63) is 29.6 Å². The molecule has 0 bridgehead atoms. The van der Waals surface area contributed by atoms with E-state index in [1.807, 2.05) is 13.8 Å². The van der Waals surface area contributed by atoms with E-state index >= 15 is 0 Å². The summed E-state index contributed by atoms with van der Waals surface area (Å²) >= 11 is 0. The van der Waals surface area contributed by atoms with Gasteiger partial charge in [-0.1, -0.05) is 13.0 Å². The van der Waals surface area contributed by atoms with Gasteiger partial charge in [-0.05, 0) is 37.5 Å². The van der Waals surface area contributed by atoms with Crippen LogP contribution >= 0.6 is 0 Å². The number of urea groups is 1. The zero-order valence-electron chi connectivity index (χ0n) is 12.6. The molecule has 0 saturated carbocycles. The first kappa shape index (κ1) is 17.2. The lowest BCUT2D eigenvalue weighted by Crippen LogP contribution is -2.43. The highest BCUT2D eigenvalue weighted by molar-refractivity contribution is 5.74. The normalized spacial score (nSPS) is 13.4. The summed E-state index contributed by atoms with van der Waals surface area (Å²) in [6.07, 6.45) is 0. The Morgan fingerprint density at radius 1 is 1.43 bits per heavy atom. The molecule has 0 heterocycles. The largest absolute Gasteiger partial charge is 0.491 e. The van der Waals surface area contributed by atoms with Crippen LogP contribution in [0.2, 0.25) is 0 Å². The van der Waals surface area contributed by atoms with Gasteiger partial charge in [0.2, 0.25) is 0 Å². The van der Waals surface area contributed by atoms with Crippen LogP contribution in [0.1, 0.15) is 26.3 Å². The summed E-state index contributed by atoms with van der Waals surface area (Å²) in [6, 6.07) is 4.09. The molecule has 21 heavy (non-hydrogen) atoms. The zero-order chi connectivity index (χ0) is 15.8. The second-order valence-electron chi connectivity index (χ2n) is 4.97. The van der Waals surface area contributed by atoms with Crippen LogP contribution in [0.3, 0.4) is 0 Å². The molecular weight excluding hydrogens is 275 g/mol. The lowest BCUT2D eigenvalue weighted by Gasteiger charge is -2.19. The Hall–Kier alpha value is -1.82. The molecule has 0 radical (unpaired) electrons. The van der Waals surface area contributed by atoms with Gasteiger partial charge in [-0.2, -0.15) is 0 Å². The van der Waals surface area contributed by atoms with Crippen LogP contribution in [-0.2, 0) is 6.54 Å². The minimum absolute atomic E-state index is 0.00550. The van der Waals surface area contributed by atoms with E-state index in [-0.39, 0.29) is 36.9 Å². The first-order valence-corrected chi connectivity index (χ1v) is 7.04. The van der Waals surface area contributed by atoms with E-state index in [4.69, 9.17) is 9.84 Å². The van der Waals surface area contributed by atoms with E-state index < -0.39 is 5.82 Å². The Morgan fingerprint density at radius 3 is 2.71 bits per heavy atom. The third kappa shape index (κ3) is 5.59. The van der Waals surface area contributed by atoms with Crippen molar-refractivity contribution in [2.24, 2.45) is 5.92 Å². The third-order valence-electron chi connectivity index (χ3n) is 3.25. The van der Waals surface area contributed by atoms with Crippen molar-refractivity contribution in [1.82, 2.24) is 10.6 Å². The number of carbonyl (C=O) groups is 1. The smallest absolute Gasteiger partial charge is 0.315 e. The fourth-order valence-corrected chi connectivity index (χ4v) is 1.67. The maximum absolute atomic E-state index is 13.6. The maximum atomic E-state index is 13.6. The Bertz CT molecular complexity index is 468. The summed E-state index contributed by atoms with van der Waals surface area (Å²) in [5.74, 6) is -0.270. The molecule has 1 rings (SSSR count). The van der Waals surface area contributed by atoms with Gasteiger partial charge in [0.1, 0.15) is 0 Å². The molecule has 2 amide bonds. The topological polar surface area (TPSA) is 70.6 Å². The van der Waals surface area contributed by atoms with Crippen molar-refractivity contribution in [3.63, 3.8) is 0 Å². The molecule has 3 N–H and O–H groups in total. The van der Waals surface area contributed by atoms with Gasteiger partial charge >= 0.3 is 6.03 Å². The highest BCUT2D eigenvalue weighted by Gasteiger charge is 2.13. The predicted molar refractivity (Wildman–Crippen MR) is 78.7 cm³/mol. The summed E-state index contributed by atoms with van der Waals surface area (Å²) in [5.41, 5.74) is 0.647. The van der Waals surface area contributed by atoms with Gasteiger partial charge in [-0.3, -0.25) is 0 Å². The SMILES string of the molecule is CCOc1ccc(CNC(=O)NC(C)C(C)CO)cc1F. The van der Waals surface area contributed by atoms with E-state index in [0.29, 0.717) is 12.2 Å². The standard InChI is InChI=1S/C15H23FN2O3/c1-4-21-14-6-5-12(7-13(14)16)8-17-15(20)18-11(3)10(2)9-19/h5-7,10-11,19H,4,8-9H2,1-3H3,(H2,17,18,20). The fraction of sp³-hybridized carbons (Fsp3) is 0.533. The van der Waals surface area contributed by atoms with Gasteiger partial charge in [0.05, 0.1) is 6.61 Å². The Kier molecular flexibility index (Phi) is 6.94. The van der Waals surface area contributed by atoms with Crippen molar-refractivity contribution < 1.29 is 19.0 Å². The second-order valence-corrected chi connectivity index (χ2v) is 4.97. The van der Waals surface area contributed by atoms with Crippen molar-refractivity contribution in [2.75, 3.05) is 13.2 Å². The van der Waals surface area contributed by atoms with E-state index in [0.717, 1.165) is 0 Å². The molecule has 6 heteroatoms. The summed E-state index contributed by atoms with van der Waals surface area (Å²) in [6.45, 7) is 6.07. The van der Waals surface area contributed by atoms with Crippen molar-refractivity contribution in [2.45, 2.75) is 33.4 Å². The number of hydrogen-bond acceptors (Lipinski definition) is 3. The van der Waals surface area contributed by atoms with E-state index in [9.17, 15) is 9.18 Å². The van der Waals surface area contributed by atoms with Crippen LogP contribution in [0.4, 0.5) is 9.18 Å². The molecule has 5 nitrogen and oxygen atoms in total. The summed E-state index contributed by atoms with van der Waals surface area (Å²) < 4.78 is 18.8. The molecule has 0 spiro atoms. The predicted octanol–water partition coefficient (Wildman–Crippen LogP) is 2.04. The van der Waals surface area contributed by atoms with E-state index in [2.05, 4.69) is 10.6 Å². The van der Waals surface area contributed by atoms with Gasteiger partial charge in [0, 0.05) is 19.2 Å². The number of hydrogen-bond donors (Lipinski definition) is 3. The zero-order valence-corrected chi connectivity index (χ0v) is 12.6. The average molecular weight is 298 g/mol. The summed E-state index contributed by atoms with van der Waals surface area (Å²) in [5, 5.41) is 14.4. The number of benzene rings is 1. The van der Waals surface area contributed by atoms with Crippen molar-refractivity contribution in [3.8, 4) is 5.75 Å². The van der Waals surface area contributed by atoms with E-state index in [1.54, 1.807) is 19.1 Å². The van der Waals surface area contributed by atoms with Crippen LogP contribution in [0.5, 0.6) is 5.75 Å². The van der Waals surface area contributed by atoms with Crippen LogP contribution in [0.25, 0.3) is 0 Å². The Labute approximate surface area is 124 Å². The molecule has 0 aliphatic heterocycles. The first-order chi connectivity index (χ1) is 9.97. The monoisotopic (exact) mass is 298 g/mol. The number of nitrogens with one attached hydrogen (secondary N) is 2. The Morgan fingerprint density at radius 2 is 2.14 bits per heavy atom. The highest BCUT2D eigenvalue weighted by Crippen LogP contribution is 2.18. The van der Waals surface area contributed by atoms with Gasteiger partial charge in [-0.15, -0.1) is 0 Å². The highest BCUT2D eigenvalue weighted by atomic mass is 19.1. The molecule has 1 aromatic carbocycles. The molecule has 0 saturated heterocycles. The maximum Gasteiger partial charge on any atom is 0.315 e. The van der Waals surface area contributed by atoms with Gasteiger partial charge in [-0.25, -0.2) is 9.18 Å². The van der Waals surface area contributed by atoms with Gasteiger partial charge in [0.15, 0.2) is 11.6 Å². The molecule has 1 aromatic rings. The molecule has 0 aliphatic rings. The third-order valence-corrected chi connectivity index (χ3v) is 3.25. The quantitative estimate of drug-likeness (QED) is 0.721. The Balaban J connectivity index is 2.48.